The smallest absolute Gasteiger partial charge is 0.223 e. The molecule has 1 aliphatic rings. The monoisotopic (exact) mass is 368 g/mol. The van der Waals surface area contributed by atoms with E-state index in [1.54, 1.807) is 7.11 Å². The molecule has 0 saturated carbocycles. The van der Waals surface area contributed by atoms with Crippen molar-refractivity contribution in [3.8, 4) is 17.0 Å². The molecule has 27 heavy (non-hydrogen) atoms. The second kappa shape index (κ2) is 7.55. The van der Waals surface area contributed by atoms with Crippen LogP contribution < -0.4 is 9.64 Å². The van der Waals surface area contributed by atoms with Crippen LogP contribution in [0.1, 0.15) is 27.2 Å². The van der Waals surface area contributed by atoms with Gasteiger partial charge in [0.15, 0.2) is 5.82 Å². The molecule has 144 valence electrons. The van der Waals surface area contributed by atoms with Gasteiger partial charge in [-0.1, -0.05) is 12.1 Å². The van der Waals surface area contributed by atoms with Gasteiger partial charge in [0.05, 0.1) is 12.8 Å². The van der Waals surface area contributed by atoms with Crippen molar-refractivity contribution in [2.45, 2.75) is 32.7 Å². The maximum Gasteiger partial charge on any atom is 0.223 e. The van der Waals surface area contributed by atoms with Crippen LogP contribution in [0.25, 0.3) is 11.3 Å². The zero-order valence-corrected chi connectivity index (χ0v) is 16.8. The number of hydrogen-bond donors (Lipinski definition) is 0. The number of carbonyl (C=O) groups is 1. The molecule has 2 heterocycles. The second-order valence-corrected chi connectivity index (χ2v) is 8.10. The van der Waals surface area contributed by atoms with Gasteiger partial charge >= 0.3 is 0 Å². The fourth-order valence-electron chi connectivity index (χ4n) is 3.56. The van der Waals surface area contributed by atoms with Crippen molar-refractivity contribution in [1.82, 2.24) is 15.1 Å². The molecule has 0 radical (unpaired) electrons. The highest BCUT2D eigenvalue weighted by atomic mass is 16.5. The van der Waals surface area contributed by atoms with E-state index in [0.29, 0.717) is 12.3 Å². The number of likely N-dealkylation sites (tertiary alicyclic amines) is 1. The summed E-state index contributed by atoms with van der Waals surface area (Å²) < 4.78 is 5.40. The highest BCUT2D eigenvalue weighted by Gasteiger charge is 2.36. The average Bonchev–Trinajstić information content (AvgIpc) is 3.02. The topological polar surface area (TPSA) is 58.6 Å². The summed E-state index contributed by atoms with van der Waals surface area (Å²) in [6.45, 7) is 7.82. The number of amides is 1. The van der Waals surface area contributed by atoms with Crippen LogP contribution in [0, 0.1) is 5.92 Å². The summed E-state index contributed by atoms with van der Waals surface area (Å²) in [5.74, 6) is 2.12. The molecular formula is C21H28N4O2. The molecule has 0 N–H and O–H groups in total. The molecular weight excluding hydrogens is 340 g/mol. The Bertz CT molecular complexity index is 799. The van der Waals surface area contributed by atoms with E-state index in [4.69, 9.17) is 4.74 Å². The van der Waals surface area contributed by atoms with Crippen LogP contribution in [0.15, 0.2) is 36.4 Å². The molecule has 3 rings (SSSR count). The third kappa shape index (κ3) is 4.21. The number of carbonyl (C=O) groups excluding carboxylic acids is 1. The highest BCUT2D eigenvalue weighted by molar-refractivity contribution is 5.79. The number of ether oxygens (including phenoxy) is 1. The number of hydrogen-bond acceptors (Lipinski definition) is 5. The Morgan fingerprint density at radius 1 is 1.19 bits per heavy atom. The van der Waals surface area contributed by atoms with E-state index in [1.807, 2.05) is 48.3 Å². The largest absolute Gasteiger partial charge is 0.496 e. The van der Waals surface area contributed by atoms with E-state index in [-0.39, 0.29) is 11.4 Å². The zero-order valence-electron chi connectivity index (χ0n) is 16.8. The van der Waals surface area contributed by atoms with Crippen molar-refractivity contribution in [2.24, 2.45) is 5.92 Å². The van der Waals surface area contributed by atoms with Gasteiger partial charge < -0.3 is 14.5 Å². The third-order valence-electron chi connectivity index (χ3n) is 4.97. The molecule has 0 unspecified atom stereocenters. The van der Waals surface area contributed by atoms with E-state index in [0.717, 1.165) is 35.9 Å². The van der Waals surface area contributed by atoms with E-state index in [2.05, 4.69) is 35.9 Å². The fourth-order valence-corrected chi connectivity index (χ4v) is 3.56. The highest BCUT2D eigenvalue weighted by Crippen LogP contribution is 2.29. The molecule has 1 amide bonds. The molecule has 1 aromatic carbocycles. The van der Waals surface area contributed by atoms with Crippen LogP contribution in [0.3, 0.4) is 0 Å². The van der Waals surface area contributed by atoms with E-state index in [1.165, 1.54) is 0 Å². The van der Waals surface area contributed by atoms with E-state index < -0.39 is 0 Å². The lowest BCUT2D eigenvalue weighted by Crippen LogP contribution is -2.42. The van der Waals surface area contributed by atoms with Crippen LogP contribution in [0.4, 0.5) is 5.82 Å². The lowest BCUT2D eigenvalue weighted by Gasteiger charge is -2.32. The summed E-state index contributed by atoms with van der Waals surface area (Å²) in [6, 6.07) is 11.7. The maximum atomic E-state index is 12.3. The van der Waals surface area contributed by atoms with Crippen molar-refractivity contribution in [2.75, 3.05) is 32.1 Å². The molecule has 0 bridgehead atoms. The van der Waals surface area contributed by atoms with Crippen LogP contribution in [0.2, 0.25) is 0 Å². The summed E-state index contributed by atoms with van der Waals surface area (Å²) in [4.78, 5) is 16.3. The minimum absolute atomic E-state index is 0.124. The molecule has 6 heteroatoms. The molecule has 1 aromatic heterocycles. The molecule has 2 aromatic rings. The van der Waals surface area contributed by atoms with Gasteiger partial charge in [0.2, 0.25) is 5.91 Å². The molecule has 1 aliphatic heterocycles. The Balaban J connectivity index is 1.68. The Morgan fingerprint density at radius 2 is 1.93 bits per heavy atom. The molecule has 1 fully saturated rings. The number of methoxy groups -OCH3 is 1. The van der Waals surface area contributed by atoms with Gasteiger partial charge in [-0.25, -0.2) is 0 Å². The maximum absolute atomic E-state index is 12.3. The van der Waals surface area contributed by atoms with Crippen molar-refractivity contribution < 1.29 is 9.53 Å². The third-order valence-corrected chi connectivity index (χ3v) is 4.97. The van der Waals surface area contributed by atoms with Crippen LogP contribution in [-0.4, -0.2) is 53.8 Å². The van der Waals surface area contributed by atoms with Gasteiger partial charge in [0, 0.05) is 43.6 Å². The first kappa shape index (κ1) is 19.1. The van der Waals surface area contributed by atoms with E-state index >= 15 is 0 Å². The quantitative estimate of drug-likeness (QED) is 0.811. The lowest BCUT2D eigenvalue weighted by atomic mass is 10.1. The van der Waals surface area contributed by atoms with Gasteiger partial charge in [-0.3, -0.25) is 4.79 Å². The Kier molecular flexibility index (Phi) is 5.35. The predicted molar refractivity (Wildman–Crippen MR) is 107 cm³/mol. The summed E-state index contributed by atoms with van der Waals surface area (Å²) in [5, 5.41) is 8.75. The summed E-state index contributed by atoms with van der Waals surface area (Å²) in [7, 11) is 3.65. The first-order valence-corrected chi connectivity index (χ1v) is 9.28. The van der Waals surface area contributed by atoms with Crippen LogP contribution in [0.5, 0.6) is 5.75 Å². The normalized spacial score (nSPS) is 17.3. The summed E-state index contributed by atoms with van der Waals surface area (Å²) in [5.41, 5.74) is 1.57. The van der Waals surface area contributed by atoms with Crippen LogP contribution in [-0.2, 0) is 4.79 Å². The van der Waals surface area contributed by atoms with Gasteiger partial charge in [0.1, 0.15) is 5.75 Å². The van der Waals surface area contributed by atoms with Crippen LogP contribution >= 0.6 is 0 Å². The molecule has 6 nitrogen and oxygen atoms in total. The Labute approximate surface area is 161 Å². The summed E-state index contributed by atoms with van der Waals surface area (Å²) >= 11 is 0. The lowest BCUT2D eigenvalue weighted by molar-refractivity contribution is -0.131. The minimum atomic E-state index is -0.124. The Hall–Kier alpha value is -2.63. The first-order chi connectivity index (χ1) is 12.8. The average molecular weight is 368 g/mol. The van der Waals surface area contributed by atoms with Gasteiger partial charge in [-0.05, 0) is 45.0 Å². The number of anilines is 1. The van der Waals surface area contributed by atoms with Crippen molar-refractivity contribution in [1.29, 1.82) is 0 Å². The number of aromatic nitrogens is 2. The number of nitrogens with zero attached hydrogens (tertiary/aromatic N) is 4. The standard InChI is InChI=1S/C21H28N4O2/c1-21(2,3)25-14-15(12-20(25)26)13-24(4)19-11-10-17(22-23-19)16-8-6-7-9-18(16)27-5/h6-11,15H,12-14H2,1-5H3/t15-/m0/s1. The van der Waals surface area contributed by atoms with Crippen molar-refractivity contribution in [3.63, 3.8) is 0 Å². The SMILES string of the molecule is COc1ccccc1-c1ccc(N(C)C[C@@H]2CC(=O)N(C(C)(C)C)C2)nn1. The number of rotatable bonds is 5. The van der Waals surface area contributed by atoms with Gasteiger partial charge in [-0.15, -0.1) is 10.2 Å². The number of para-hydroxylation sites is 1. The van der Waals surface area contributed by atoms with E-state index in [9.17, 15) is 4.79 Å². The minimum Gasteiger partial charge on any atom is -0.496 e. The molecule has 1 saturated heterocycles. The molecule has 0 spiro atoms. The predicted octanol–water partition coefficient (Wildman–Crippen LogP) is 3.24. The second-order valence-electron chi connectivity index (χ2n) is 8.10. The van der Waals surface area contributed by atoms with Crippen molar-refractivity contribution in [3.05, 3.63) is 36.4 Å². The molecule has 1 atom stereocenters. The number of benzene rings is 1. The van der Waals surface area contributed by atoms with Gasteiger partial charge in [-0.2, -0.15) is 0 Å². The fraction of sp³-hybridized carbons (Fsp3) is 0.476. The first-order valence-electron chi connectivity index (χ1n) is 9.28. The summed E-state index contributed by atoms with van der Waals surface area (Å²) in [6.07, 6.45) is 0.592. The van der Waals surface area contributed by atoms with Crippen molar-refractivity contribution >= 4 is 11.7 Å². The molecule has 0 aliphatic carbocycles. The van der Waals surface area contributed by atoms with Gasteiger partial charge in [0.25, 0.3) is 0 Å². The zero-order chi connectivity index (χ0) is 19.6. The Morgan fingerprint density at radius 3 is 2.52 bits per heavy atom.